The Morgan fingerprint density at radius 2 is 2.09 bits per heavy atom. The molecule has 23 heavy (non-hydrogen) atoms. The second-order valence-corrected chi connectivity index (χ2v) is 7.36. The fourth-order valence-corrected chi connectivity index (χ4v) is 3.51. The van der Waals surface area contributed by atoms with E-state index in [4.69, 9.17) is 0 Å². The number of carbonyl (C=O) groups is 2. The van der Waals surface area contributed by atoms with Gasteiger partial charge in [0.1, 0.15) is 0 Å². The Kier molecular flexibility index (Phi) is 6.47. The van der Waals surface area contributed by atoms with Crippen LogP contribution < -0.4 is 5.32 Å². The maximum absolute atomic E-state index is 11.9. The van der Waals surface area contributed by atoms with Crippen molar-refractivity contribution in [2.75, 3.05) is 31.9 Å². The molecule has 1 aliphatic rings. The number of likely N-dealkylation sites (tertiary alicyclic amines) is 1. The number of rotatable bonds is 8. The summed E-state index contributed by atoms with van der Waals surface area (Å²) in [5.41, 5.74) is -0.716. The highest BCUT2D eigenvalue weighted by Gasteiger charge is 2.40. The van der Waals surface area contributed by atoms with Crippen molar-refractivity contribution in [3.8, 4) is 0 Å². The Morgan fingerprint density at radius 3 is 2.74 bits per heavy atom. The van der Waals surface area contributed by atoms with Crippen LogP contribution in [0.25, 0.3) is 0 Å². The molecule has 1 aromatic carbocycles. The Hall–Kier alpha value is -1.53. The smallest absolute Gasteiger partial charge is 0.310 e. The number of nitrogens with zero attached hydrogens (tertiary/aromatic N) is 1. The van der Waals surface area contributed by atoms with Crippen molar-refractivity contribution in [2.24, 2.45) is 5.41 Å². The van der Waals surface area contributed by atoms with E-state index in [1.807, 2.05) is 23.1 Å². The van der Waals surface area contributed by atoms with Crippen LogP contribution in [0.2, 0.25) is 0 Å². The Bertz CT molecular complexity index is 538. The zero-order valence-electron chi connectivity index (χ0n) is 13.5. The third-order valence-electron chi connectivity index (χ3n) is 4.09. The van der Waals surface area contributed by atoms with Gasteiger partial charge in [-0.2, -0.15) is 0 Å². The number of benzene rings is 1. The van der Waals surface area contributed by atoms with Crippen LogP contribution in [-0.4, -0.2) is 53.8 Å². The minimum absolute atomic E-state index is 0.0238. The van der Waals surface area contributed by atoms with Crippen LogP contribution in [0.4, 0.5) is 0 Å². The first kappa shape index (κ1) is 17.8. The van der Waals surface area contributed by atoms with E-state index < -0.39 is 11.4 Å². The lowest BCUT2D eigenvalue weighted by Gasteiger charge is -2.19. The molecule has 1 atom stereocenters. The fourth-order valence-electron chi connectivity index (χ4n) is 2.63. The van der Waals surface area contributed by atoms with E-state index in [9.17, 15) is 14.7 Å². The van der Waals surface area contributed by atoms with E-state index in [2.05, 4.69) is 17.4 Å². The van der Waals surface area contributed by atoms with Gasteiger partial charge in [-0.25, -0.2) is 0 Å². The normalized spacial score (nSPS) is 21.3. The van der Waals surface area contributed by atoms with E-state index in [-0.39, 0.29) is 12.5 Å². The summed E-state index contributed by atoms with van der Waals surface area (Å²) in [4.78, 5) is 26.3. The van der Waals surface area contributed by atoms with E-state index in [1.165, 1.54) is 4.90 Å². The molecule has 0 spiro atoms. The van der Waals surface area contributed by atoms with Crippen molar-refractivity contribution in [3.05, 3.63) is 30.3 Å². The minimum atomic E-state index is -0.779. The fraction of sp³-hybridized carbons (Fsp3) is 0.529. The topological polar surface area (TPSA) is 69.6 Å². The predicted octanol–water partition coefficient (Wildman–Crippen LogP) is 2.08. The molecule has 5 nitrogen and oxygen atoms in total. The zero-order chi connectivity index (χ0) is 16.7. The monoisotopic (exact) mass is 336 g/mol. The summed E-state index contributed by atoms with van der Waals surface area (Å²) in [5.74, 6) is 0.160. The number of thioether (sulfide) groups is 1. The second-order valence-electron chi connectivity index (χ2n) is 6.19. The van der Waals surface area contributed by atoms with Gasteiger partial charge in [0, 0.05) is 18.0 Å². The summed E-state index contributed by atoms with van der Waals surface area (Å²) in [6, 6.07) is 10.2. The van der Waals surface area contributed by atoms with Gasteiger partial charge in [0.05, 0.1) is 12.0 Å². The van der Waals surface area contributed by atoms with Crippen LogP contribution in [0.1, 0.15) is 19.8 Å². The standard InChI is InChI=1S/C17H24N2O3S/c1-17(16(21)22)8-10-19(13-17)12-15(20)18-9-5-11-23-14-6-3-2-4-7-14/h2-4,6-7H,5,8-13H2,1H3,(H,18,20)(H,21,22). The molecule has 0 saturated carbocycles. The molecule has 0 radical (unpaired) electrons. The van der Waals surface area contributed by atoms with Gasteiger partial charge in [0.15, 0.2) is 0 Å². The first-order valence-electron chi connectivity index (χ1n) is 7.90. The van der Waals surface area contributed by atoms with Gasteiger partial charge in [-0.3, -0.25) is 14.5 Å². The molecule has 1 unspecified atom stereocenters. The number of aliphatic carboxylic acids is 1. The SMILES string of the molecule is CC1(C(=O)O)CCN(CC(=O)NCCCSc2ccccc2)C1. The van der Waals surface area contributed by atoms with Crippen molar-refractivity contribution in [1.29, 1.82) is 0 Å². The van der Waals surface area contributed by atoms with Gasteiger partial charge in [0.25, 0.3) is 0 Å². The molecule has 0 bridgehead atoms. The van der Waals surface area contributed by atoms with Crippen LogP contribution in [0, 0.1) is 5.41 Å². The lowest BCUT2D eigenvalue weighted by Crippen LogP contribution is -2.38. The summed E-state index contributed by atoms with van der Waals surface area (Å²) in [6.45, 7) is 3.80. The third-order valence-corrected chi connectivity index (χ3v) is 5.19. The number of carboxylic acid groups (broad SMARTS) is 1. The largest absolute Gasteiger partial charge is 0.481 e. The van der Waals surface area contributed by atoms with Crippen LogP contribution in [0.5, 0.6) is 0 Å². The molecule has 1 amide bonds. The van der Waals surface area contributed by atoms with E-state index in [0.29, 0.717) is 26.1 Å². The Labute approximate surface area is 141 Å². The highest BCUT2D eigenvalue weighted by Crippen LogP contribution is 2.29. The summed E-state index contributed by atoms with van der Waals surface area (Å²) in [7, 11) is 0. The first-order valence-corrected chi connectivity index (χ1v) is 8.88. The Balaban J connectivity index is 1.58. The first-order chi connectivity index (χ1) is 11.0. The molecule has 1 aromatic rings. The molecule has 0 aromatic heterocycles. The molecule has 1 heterocycles. The van der Waals surface area contributed by atoms with Crippen LogP contribution >= 0.6 is 11.8 Å². The van der Waals surface area contributed by atoms with Crippen molar-refractivity contribution in [1.82, 2.24) is 10.2 Å². The number of hydrogen-bond donors (Lipinski definition) is 2. The molecule has 126 valence electrons. The molecular weight excluding hydrogens is 312 g/mol. The van der Waals surface area contributed by atoms with Crippen molar-refractivity contribution in [3.63, 3.8) is 0 Å². The third kappa shape index (κ3) is 5.55. The molecule has 6 heteroatoms. The van der Waals surface area contributed by atoms with Gasteiger partial charge in [-0.15, -0.1) is 11.8 Å². The number of hydrogen-bond acceptors (Lipinski definition) is 4. The molecule has 0 aliphatic carbocycles. The van der Waals surface area contributed by atoms with E-state index in [0.717, 1.165) is 12.2 Å². The average molecular weight is 336 g/mol. The van der Waals surface area contributed by atoms with E-state index >= 15 is 0 Å². The summed E-state index contributed by atoms with van der Waals surface area (Å²) in [5, 5.41) is 12.1. The van der Waals surface area contributed by atoms with Gasteiger partial charge in [-0.05, 0) is 44.2 Å². The highest BCUT2D eigenvalue weighted by molar-refractivity contribution is 7.99. The average Bonchev–Trinajstić information content (AvgIpc) is 2.90. The van der Waals surface area contributed by atoms with Crippen LogP contribution in [0.15, 0.2) is 35.2 Å². The van der Waals surface area contributed by atoms with Crippen molar-refractivity contribution in [2.45, 2.75) is 24.7 Å². The molecule has 1 saturated heterocycles. The molecule has 1 fully saturated rings. The van der Waals surface area contributed by atoms with Crippen molar-refractivity contribution >= 4 is 23.6 Å². The quantitative estimate of drug-likeness (QED) is 0.562. The second kappa shape index (κ2) is 8.36. The van der Waals surface area contributed by atoms with Gasteiger partial charge >= 0.3 is 5.97 Å². The maximum atomic E-state index is 11.9. The summed E-state index contributed by atoms with van der Waals surface area (Å²) < 4.78 is 0. The zero-order valence-corrected chi connectivity index (χ0v) is 14.3. The Morgan fingerprint density at radius 1 is 1.35 bits per heavy atom. The lowest BCUT2D eigenvalue weighted by molar-refractivity contribution is -0.147. The maximum Gasteiger partial charge on any atom is 0.310 e. The number of carboxylic acids is 1. The van der Waals surface area contributed by atoms with E-state index in [1.54, 1.807) is 18.7 Å². The summed E-state index contributed by atoms with van der Waals surface area (Å²) >= 11 is 1.78. The molecule has 2 N–H and O–H groups in total. The summed E-state index contributed by atoms with van der Waals surface area (Å²) in [6.07, 6.45) is 1.52. The predicted molar refractivity (Wildman–Crippen MR) is 91.6 cm³/mol. The molecule has 2 rings (SSSR count). The van der Waals surface area contributed by atoms with Gasteiger partial charge in [-0.1, -0.05) is 18.2 Å². The lowest BCUT2D eigenvalue weighted by atomic mass is 9.90. The van der Waals surface area contributed by atoms with Crippen LogP contribution in [0.3, 0.4) is 0 Å². The van der Waals surface area contributed by atoms with Crippen molar-refractivity contribution < 1.29 is 14.7 Å². The van der Waals surface area contributed by atoms with Gasteiger partial charge < -0.3 is 10.4 Å². The van der Waals surface area contributed by atoms with Gasteiger partial charge in [0.2, 0.25) is 5.91 Å². The minimum Gasteiger partial charge on any atom is -0.481 e. The highest BCUT2D eigenvalue weighted by atomic mass is 32.2. The van der Waals surface area contributed by atoms with Crippen LogP contribution in [-0.2, 0) is 9.59 Å². The number of amides is 1. The number of nitrogens with one attached hydrogen (secondary N) is 1. The number of carbonyl (C=O) groups excluding carboxylic acids is 1. The molecular formula is C17H24N2O3S. The molecule has 1 aliphatic heterocycles.